The van der Waals surface area contributed by atoms with Crippen molar-refractivity contribution in [1.29, 1.82) is 0 Å². The second kappa shape index (κ2) is 6.53. The molecular weight excluding hydrogens is 304 g/mol. The van der Waals surface area contributed by atoms with Crippen molar-refractivity contribution < 1.29 is 4.79 Å². The molecule has 1 fully saturated rings. The van der Waals surface area contributed by atoms with E-state index in [0.29, 0.717) is 12.6 Å². The van der Waals surface area contributed by atoms with E-state index < -0.39 is 0 Å². The van der Waals surface area contributed by atoms with Crippen LogP contribution in [0.5, 0.6) is 0 Å². The number of amides is 1. The molecule has 19 heavy (non-hydrogen) atoms. The van der Waals surface area contributed by atoms with Crippen LogP contribution in [0, 0.1) is 5.92 Å². The zero-order chi connectivity index (χ0) is 13.8. The molecule has 0 bridgehead atoms. The molecule has 1 atom stereocenters. The lowest BCUT2D eigenvalue weighted by Gasteiger charge is -2.30. The quantitative estimate of drug-likeness (QED) is 0.923. The Morgan fingerprint density at radius 3 is 2.79 bits per heavy atom. The molecule has 1 aliphatic heterocycles. The van der Waals surface area contributed by atoms with E-state index in [1.54, 1.807) is 0 Å². The van der Waals surface area contributed by atoms with E-state index in [4.69, 9.17) is 0 Å². The molecule has 3 nitrogen and oxygen atoms in total. The van der Waals surface area contributed by atoms with E-state index in [-0.39, 0.29) is 11.8 Å². The molecule has 4 heteroatoms. The Morgan fingerprint density at radius 2 is 2.21 bits per heavy atom. The largest absolute Gasteiger partial charge is 0.334 e. The lowest BCUT2D eigenvalue weighted by atomic mass is 10.1. The summed E-state index contributed by atoms with van der Waals surface area (Å²) in [7, 11) is 0. The molecule has 1 N–H and O–H groups in total. The first-order valence-electron chi connectivity index (χ1n) is 6.84. The Balaban J connectivity index is 2.18. The smallest absolute Gasteiger partial charge is 0.225 e. The third kappa shape index (κ3) is 3.57. The van der Waals surface area contributed by atoms with Crippen LogP contribution >= 0.6 is 15.9 Å². The summed E-state index contributed by atoms with van der Waals surface area (Å²) in [6.45, 7) is 6.53. The fourth-order valence-electron chi connectivity index (χ4n) is 2.43. The van der Waals surface area contributed by atoms with Crippen molar-refractivity contribution in [2.45, 2.75) is 32.9 Å². The van der Waals surface area contributed by atoms with Gasteiger partial charge >= 0.3 is 0 Å². The van der Waals surface area contributed by atoms with Crippen LogP contribution in [0.3, 0.4) is 0 Å². The SMILES string of the molecule is CC(C)C(=O)N(Cc1ccccc1Br)[C@H]1CCNC1. The maximum atomic E-state index is 12.4. The predicted octanol–water partition coefficient (Wildman–Crippen LogP) is 2.80. The zero-order valence-electron chi connectivity index (χ0n) is 11.5. The molecular formula is C15H21BrN2O. The first-order valence-corrected chi connectivity index (χ1v) is 7.63. The van der Waals surface area contributed by atoms with Gasteiger partial charge in [-0.2, -0.15) is 0 Å². The van der Waals surface area contributed by atoms with Crippen LogP contribution in [0.25, 0.3) is 0 Å². The molecule has 0 aliphatic carbocycles. The van der Waals surface area contributed by atoms with E-state index in [9.17, 15) is 4.79 Å². The van der Waals surface area contributed by atoms with Crippen LogP contribution in [-0.4, -0.2) is 29.9 Å². The number of nitrogens with zero attached hydrogens (tertiary/aromatic N) is 1. The molecule has 1 heterocycles. The molecule has 0 aromatic heterocycles. The summed E-state index contributed by atoms with van der Waals surface area (Å²) in [6, 6.07) is 8.44. The fourth-order valence-corrected chi connectivity index (χ4v) is 2.84. The molecule has 2 rings (SSSR count). The summed E-state index contributed by atoms with van der Waals surface area (Å²) >= 11 is 3.57. The summed E-state index contributed by atoms with van der Waals surface area (Å²) < 4.78 is 1.07. The number of carbonyl (C=O) groups is 1. The summed E-state index contributed by atoms with van der Waals surface area (Å²) in [5.74, 6) is 0.285. The second-order valence-corrected chi connectivity index (χ2v) is 6.21. The monoisotopic (exact) mass is 324 g/mol. The number of rotatable bonds is 4. The number of hydrogen-bond donors (Lipinski definition) is 1. The highest BCUT2D eigenvalue weighted by Crippen LogP contribution is 2.22. The van der Waals surface area contributed by atoms with Crippen LogP contribution in [-0.2, 0) is 11.3 Å². The summed E-state index contributed by atoms with van der Waals surface area (Å²) in [5.41, 5.74) is 1.17. The molecule has 1 aromatic rings. The van der Waals surface area contributed by atoms with Gasteiger partial charge in [-0.1, -0.05) is 48.0 Å². The molecule has 1 aliphatic rings. The number of halogens is 1. The summed E-state index contributed by atoms with van der Waals surface area (Å²) in [5, 5.41) is 3.34. The summed E-state index contributed by atoms with van der Waals surface area (Å²) in [4.78, 5) is 14.5. The normalized spacial score (nSPS) is 18.8. The number of benzene rings is 1. The van der Waals surface area contributed by atoms with Crippen LogP contribution in [0.15, 0.2) is 28.7 Å². The second-order valence-electron chi connectivity index (χ2n) is 5.36. The van der Waals surface area contributed by atoms with Gasteiger partial charge in [-0.15, -0.1) is 0 Å². The first kappa shape index (κ1) is 14.5. The van der Waals surface area contributed by atoms with E-state index in [2.05, 4.69) is 27.3 Å². The molecule has 1 aromatic carbocycles. The third-order valence-corrected chi connectivity index (χ3v) is 4.32. The van der Waals surface area contributed by atoms with Crippen molar-refractivity contribution in [2.75, 3.05) is 13.1 Å². The Morgan fingerprint density at radius 1 is 1.47 bits per heavy atom. The van der Waals surface area contributed by atoms with Gasteiger partial charge in [0.25, 0.3) is 0 Å². The van der Waals surface area contributed by atoms with Crippen molar-refractivity contribution in [3.05, 3.63) is 34.3 Å². The number of carbonyl (C=O) groups excluding carboxylic acids is 1. The minimum Gasteiger partial charge on any atom is -0.334 e. The lowest BCUT2D eigenvalue weighted by Crippen LogP contribution is -2.43. The van der Waals surface area contributed by atoms with Gasteiger partial charge in [0.15, 0.2) is 0 Å². The Hall–Kier alpha value is -0.870. The van der Waals surface area contributed by atoms with Crippen molar-refractivity contribution in [3.8, 4) is 0 Å². The minimum atomic E-state index is 0.0445. The average molecular weight is 325 g/mol. The highest BCUT2D eigenvalue weighted by atomic mass is 79.9. The fraction of sp³-hybridized carbons (Fsp3) is 0.533. The van der Waals surface area contributed by atoms with Gasteiger partial charge in [0.2, 0.25) is 5.91 Å². The van der Waals surface area contributed by atoms with Crippen LogP contribution in [0.4, 0.5) is 0 Å². The van der Waals surface area contributed by atoms with Crippen LogP contribution < -0.4 is 5.32 Å². The van der Waals surface area contributed by atoms with E-state index in [1.807, 2.05) is 36.9 Å². The zero-order valence-corrected chi connectivity index (χ0v) is 13.1. The Labute approximate surface area is 123 Å². The van der Waals surface area contributed by atoms with E-state index in [1.165, 1.54) is 5.56 Å². The van der Waals surface area contributed by atoms with Crippen LogP contribution in [0.2, 0.25) is 0 Å². The van der Waals surface area contributed by atoms with Gasteiger partial charge in [0, 0.05) is 29.5 Å². The van der Waals surface area contributed by atoms with Gasteiger partial charge in [-0.3, -0.25) is 4.79 Å². The highest BCUT2D eigenvalue weighted by molar-refractivity contribution is 9.10. The third-order valence-electron chi connectivity index (χ3n) is 3.55. The lowest BCUT2D eigenvalue weighted by molar-refractivity contribution is -0.137. The van der Waals surface area contributed by atoms with Gasteiger partial charge in [0.1, 0.15) is 0 Å². The topological polar surface area (TPSA) is 32.3 Å². The molecule has 0 spiro atoms. The minimum absolute atomic E-state index is 0.0445. The van der Waals surface area contributed by atoms with Crippen molar-refractivity contribution in [3.63, 3.8) is 0 Å². The van der Waals surface area contributed by atoms with E-state index in [0.717, 1.165) is 24.0 Å². The predicted molar refractivity (Wildman–Crippen MR) is 80.8 cm³/mol. The Kier molecular flexibility index (Phi) is 4.99. The first-order chi connectivity index (χ1) is 9.09. The van der Waals surface area contributed by atoms with Crippen LogP contribution in [0.1, 0.15) is 25.8 Å². The highest BCUT2D eigenvalue weighted by Gasteiger charge is 2.28. The van der Waals surface area contributed by atoms with Crippen molar-refractivity contribution in [1.82, 2.24) is 10.2 Å². The maximum Gasteiger partial charge on any atom is 0.225 e. The number of nitrogens with one attached hydrogen (secondary N) is 1. The van der Waals surface area contributed by atoms with Gasteiger partial charge in [0.05, 0.1) is 0 Å². The molecule has 104 valence electrons. The molecule has 1 saturated heterocycles. The van der Waals surface area contributed by atoms with Crippen molar-refractivity contribution in [2.24, 2.45) is 5.92 Å². The molecule has 0 saturated carbocycles. The molecule has 1 amide bonds. The van der Waals surface area contributed by atoms with Gasteiger partial charge in [-0.25, -0.2) is 0 Å². The standard InChI is InChI=1S/C15H21BrN2O/c1-11(2)15(19)18(13-7-8-17-9-13)10-12-5-3-4-6-14(12)16/h3-6,11,13,17H,7-10H2,1-2H3/t13-/m0/s1. The van der Waals surface area contributed by atoms with Gasteiger partial charge < -0.3 is 10.2 Å². The van der Waals surface area contributed by atoms with E-state index >= 15 is 0 Å². The Bertz CT molecular complexity index is 442. The molecule has 0 unspecified atom stereocenters. The average Bonchev–Trinajstić information content (AvgIpc) is 2.90. The number of hydrogen-bond acceptors (Lipinski definition) is 2. The van der Waals surface area contributed by atoms with Crippen molar-refractivity contribution >= 4 is 21.8 Å². The van der Waals surface area contributed by atoms with Gasteiger partial charge in [-0.05, 0) is 24.6 Å². The molecule has 0 radical (unpaired) electrons. The maximum absolute atomic E-state index is 12.4. The summed E-state index contributed by atoms with van der Waals surface area (Å²) in [6.07, 6.45) is 1.04.